The summed E-state index contributed by atoms with van der Waals surface area (Å²) in [6, 6.07) is 15.8. The molecule has 0 saturated carbocycles. The Morgan fingerprint density at radius 3 is 2.15 bits per heavy atom. The molecule has 0 aliphatic heterocycles. The number of rotatable bonds is 4. The summed E-state index contributed by atoms with van der Waals surface area (Å²) in [5.74, 6) is -0.572. The van der Waals surface area contributed by atoms with Gasteiger partial charge in [0.2, 0.25) is 0 Å². The van der Waals surface area contributed by atoms with E-state index in [0.29, 0.717) is 16.1 Å². The number of carbonyl (C=O) groups is 2. The summed E-state index contributed by atoms with van der Waals surface area (Å²) in [5.41, 5.74) is 1.27. The van der Waals surface area contributed by atoms with Crippen LogP contribution in [-0.2, 0) is 4.79 Å². The van der Waals surface area contributed by atoms with E-state index in [0.717, 1.165) is 0 Å². The standard InChI is InChI=1S/C17H13ClO2/c1-12(19)15(11-14-9-5-6-10-16(14)18)17(20)13-7-3-2-4-8-13/h2-11H,1H3/b15-11+. The molecule has 0 heterocycles. The van der Waals surface area contributed by atoms with Gasteiger partial charge in [0.25, 0.3) is 0 Å². The van der Waals surface area contributed by atoms with E-state index in [1.807, 2.05) is 12.1 Å². The second-order valence-corrected chi connectivity index (χ2v) is 4.74. The fraction of sp³-hybridized carbons (Fsp3) is 0.0588. The van der Waals surface area contributed by atoms with Crippen molar-refractivity contribution in [3.8, 4) is 0 Å². The van der Waals surface area contributed by atoms with Crippen LogP contribution in [0.5, 0.6) is 0 Å². The van der Waals surface area contributed by atoms with Gasteiger partial charge >= 0.3 is 0 Å². The molecule has 100 valence electrons. The van der Waals surface area contributed by atoms with E-state index in [-0.39, 0.29) is 17.1 Å². The third-order valence-electron chi connectivity index (χ3n) is 2.86. The molecule has 20 heavy (non-hydrogen) atoms. The van der Waals surface area contributed by atoms with E-state index in [4.69, 9.17) is 11.6 Å². The molecule has 0 N–H and O–H groups in total. The minimum Gasteiger partial charge on any atom is -0.294 e. The molecule has 0 bridgehead atoms. The Morgan fingerprint density at radius 1 is 0.950 bits per heavy atom. The Hall–Kier alpha value is -2.19. The monoisotopic (exact) mass is 284 g/mol. The Bertz CT molecular complexity index is 672. The molecule has 2 rings (SSSR count). The molecule has 2 aromatic rings. The van der Waals surface area contributed by atoms with Crippen LogP contribution in [0.4, 0.5) is 0 Å². The topological polar surface area (TPSA) is 34.1 Å². The Morgan fingerprint density at radius 2 is 1.55 bits per heavy atom. The van der Waals surface area contributed by atoms with Gasteiger partial charge in [0, 0.05) is 10.6 Å². The first-order chi connectivity index (χ1) is 9.59. The minimum absolute atomic E-state index is 0.129. The van der Waals surface area contributed by atoms with Gasteiger partial charge in [-0.25, -0.2) is 0 Å². The molecule has 2 nitrogen and oxygen atoms in total. The van der Waals surface area contributed by atoms with Crippen molar-refractivity contribution in [2.45, 2.75) is 6.92 Å². The van der Waals surface area contributed by atoms with E-state index in [1.165, 1.54) is 6.92 Å². The molecule has 0 fully saturated rings. The lowest BCUT2D eigenvalue weighted by atomic mass is 9.98. The molecule has 0 unspecified atom stereocenters. The van der Waals surface area contributed by atoms with Crippen molar-refractivity contribution in [2.24, 2.45) is 0 Å². The normalized spacial score (nSPS) is 11.2. The molecule has 0 radical (unpaired) electrons. The highest BCUT2D eigenvalue weighted by molar-refractivity contribution is 6.33. The van der Waals surface area contributed by atoms with Gasteiger partial charge in [-0.3, -0.25) is 9.59 Å². The number of hydrogen-bond donors (Lipinski definition) is 0. The van der Waals surface area contributed by atoms with E-state index in [1.54, 1.807) is 48.5 Å². The van der Waals surface area contributed by atoms with Crippen molar-refractivity contribution < 1.29 is 9.59 Å². The van der Waals surface area contributed by atoms with Gasteiger partial charge in [0.1, 0.15) is 0 Å². The fourth-order valence-corrected chi connectivity index (χ4v) is 2.01. The number of halogens is 1. The molecule has 0 saturated heterocycles. The van der Waals surface area contributed by atoms with E-state index in [9.17, 15) is 9.59 Å². The molecule has 3 heteroatoms. The molecule has 0 aromatic heterocycles. The lowest BCUT2D eigenvalue weighted by Crippen LogP contribution is -2.10. The number of allylic oxidation sites excluding steroid dienone is 1. The highest BCUT2D eigenvalue weighted by atomic mass is 35.5. The van der Waals surface area contributed by atoms with Gasteiger partial charge in [-0.2, -0.15) is 0 Å². The molecule has 2 aromatic carbocycles. The highest BCUT2D eigenvalue weighted by Crippen LogP contribution is 2.20. The van der Waals surface area contributed by atoms with Crippen molar-refractivity contribution in [3.05, 3.63) is 76.3 Å². The van der Waals surface area contributed by atoms with Crippen LogP contribution in [-0.4, -0.2) is 11.6 Å². The fourth-order valence-electron chi connectivity index (χ4n) is 1.82. The molecule has 0 aliphatic rings. The zero-order valence-corrected chi connectivity index (χ0v) is 11.7. The van der Waals surface area contributed by atoms with Gasteiger partial charge < -0.3 is 0 Å². The second kappa shape index (κ2) is 6.31. The van der Waals surface area contributed by atoms with Crippen LogP contribution < -0.4 is 0 Å². The SMILES string of the molecule is CC(=O)/C(=C\c1ccccc1Cl)C(=O)c1ccccc1. The molecule has 0 aliphatic carbocycles. The minimum atomic E-state index is -0.294. The number of benzene rings is 2. The molecule has 0 atom stereocenters. The quantitative estimate of drug-likeness (QED) is 0.365. The van der Waals surface area contributed by atoms with Crippen LogP contribution in [0.3, 0.4) is 0 Å². The van der Waals surface area contributed by atoms with E-state index >= 15 is 0 Å². The molecule has 0 amide bonds. The number of Topliss-reactive ketones (excluding diaryl/α,β-unsaturated/α-hetero) is 2. The number of ketones is 2. The van der Waals surface area contributed by atoms with Gasteiger partial charge in [-0.15, -0.1) is 0 Å². The summed E-state index contributed by atoms with van der Waals surface area (Å²) >= 11 is 6.06. The smallest absolute Gasteiger partial charge is 0.196 e. The van der Waals surface area contributed by atoms with Crippen LogP contribution in [0, 0.1) is 0 Å². The van der Waals surface area contributed by atoms with Crippen LogP contribution >= 0.6 is 11.6 Å². The first-order valence-corrected chi connectivity index (χ1v) is 6.54. The van der Waals surface area contributed by atoms with E-state index < -0.39 is 0 Å². The lowest BCUT2D eigenvalue weighted by Gasteiger charge is -2.04. The molecular weight excluding hydrogens is 272 g/mol. The summed E-state index contributed by atoms with van der Waals surface area (Å²) in [6.45, 7) is 1.38. The first kappa shape index (κ1) is 14.2. The van der Waals surface area contributed by atoms with Crippen molar-refractivity contribution in [2.75, 3.05) is 0 Å². The first-order valence-electron chi connectivity index (χ1n) is 6.16. The summed E-state index contributed by atoms with van der Waals surface area (Å²) in [7, 11) is 0. The van der Waals surface area contributed by atoms with Crippen LogP contribution in [0.2, 0.25) is 5.02 Å². The van der Waals surface area contributed by atoms with Crippen LogP contribution in [0.15, 0.2) is 60.2 Å². The summed E-state index contributed by atoms with van der Waals surface area (Å²) in [6.07, 6.45) is 1.54. The van der Waals surface area contributed by atoms with Crippen molar-refractivity contribution in [1.82, 2.24) is 0 Å². The zero-order valence-electron chi connectivity index (χ0n) is 11.0. The maximum atomic E-state index is 12.4. The van der Waals surface area contributed by atoms with Gasteiger partial charge in [0.15, 0.2) is 11.6 Å². The second-order valence-electron chi connectivity index (χ2n) is 4.33. The maximum Gasteiger partial charge on any atom is 0.196 e. The lowest BCUT2D eigenvalue weighted by molar-refractivity contribution is -0.113. The summed E-state index contributed by atoms with van der Waals surface area (Å²) in [4.78, 5) is 24.1. The molecular formula is C17H13ClO2. The Kier molecular flexibility index (Phi) is 4.49. The third kappa shape index (κ3) is 3.22. The Labute approximate surface area is 122 Å². The third-order valence-corrected chi connectivity index (χ3v) is 3.21. The van der Waals surface area contributed by atoms with Gasteiger partial charge in [-0.1, -0.05) is 60.1 Å². The van der Waals surface area contributed by atoms with Crippen molar-refractivity contribution in [3.63, 3.8) is 0 Å². The number of carbonyl (C=O) groups excluding carboxylic acids is 2. The highest BCUT2D eigenvalue weighted by Gasteiger charge is 2.16. The number of hydrogen-bond acceptors (Lipinski definition) is 2. The molecule has 0 spiro atoms. The summed E-state index contributed by atoms with van der Waals surface area (Å²) in [5, 5.41) is 0.507. The maximum absolute atomic E-state index is 12.4. The summed E-state index contributed by atoms with van der Waals surface area (Å²) < 4.78 is 0. The largest absolute Gasteiger partial charge is 0.294 e. The average Bonchev–Trinajstić information content (AvgIpc) is 2.46. The Balaban J connectivity index is 2.45. The van der Waals surface area contributed by atoms with Gasteiger partial charge in [0.05, 0.1) is 5.57 Å². The predicted octanol–water partition coefficient (Wildman–Crippen LogP) is 4.20. The average molecular weight is 285 g/mol. The van der Waals surface area contributed by atoms with Crippen LogP contribution in [0.1, 0.15) is 22.8 Å². The van der Waals surface area contributed by atoms with E-state index in [2.05, 4.69) is 0 Å². The predicted molar refractivity (Wildman–Crippen MR) is 80.9 cm³/mol. The van der Waals surface area contributed by atoms with Crippen molar-refractivity contribution >= 4 is 29.2 Å². The van der Waals surface area contributed by atoms with Crippen LogP contribution in [0.25, 0.3) is 6.08 Å². The zero-order chi connectivity index (χ0) is 14.5. The van der Waals surface area contributed by atoms with Gasteiger partial charge in [-0.05, 0) is 24.6 Å². The van der Waals surface area contributed by atoms with Crippen molar-refractivity contribution in [1.29, 1.82) is 0 Å².